The van der Waals surface area contributed by atoms with Gasteiger partial charge in [-0.1, -0.05) is 84.0 Å². The van der Waals surface area contributed by atoms with E-state index in [4.69, 9.17) is 5.11 Å². The Morgan fingerprint density at radius 2 is 1.04 bits per heavy atom. The van der Waals surface area contributed by atoms with Crippen molar-refractivity contribution in [3.8, 4) is 0 Å². The smallest absolute Gasteiger partial charge is 0.303 e. The van der Waals surface area contributed by atoms with Crippen LogP contribution >= 0.6 is 0 Å². The number of hydrogen-bond acceptors (Lipinski definition) is 3. The molecule has 3 N–H and O–H groups in total. The van der Waals surface area contributed by atoms with Crippen LogP contribution in [0.3, 0.4) is 0 Å². The number of aliphatic carboxylic acids is 1. The monoisotopic (exact) mass is 344 g/mol. The predicted molar refractivity (Wildman–Crippen MR) is 99.2 cm³/mol. The molecule has 4 nitrogen and oxygen atoms in total. The van der Waals surface area contributed by atoms with Gasteiger partial charge in [-0.3, -0.25) is 4.79 Å². The first-order chi connectivity index (χ1) is 11.6. The van der Waals surface area contributed by atoms with E-state index in [1.54, 1.807) is 0 Å². The van der Waals surface area contributed by atoms with Crippen LogP contribution < -0.4 is 0 Å². The fraction of sp³-hybridized carbons (Fsp3) is 0.950. The van der Waals surface area contributed by atoms with Crippen LogP contribution in [0.2, 0.25) is 0 Å². The molecule has 0 saturated heterocycles. The number of carboxylic acid groups (broad SMARTS) is 1. The van der Waals surface area contributed by atoms with Crippen molar-refractivity contribution in [2.24, 2.45) is 0 Å². The number of hydrogen-bond donors (Lipinski definition) is 3. The molecule has 0 unspecified atom stereocenters. The first-order valence-electron chi connectivity index (χ1n) is 10.2. The molecular formula is C20H40O4. The summed E-state index contributed by atoms with van der Waals surface area (Å²) >= 11 is 0. The van der Waals surface area contributed by atoms with Crippen molar-refractivity contribution in [3.63, 3.8) is 0 Å². The summed E-state index contributed by atoms with van der Waals surface area (Å²) in [6, 6.07) is 0. The van der Waals surface area contributed by atoms with Crippen molar-refractivity contribution in [1.29, 1.82) is 0 Å². The fourth-order valence-corrected chi connectivity index (χ4v) is 3.03. The highest BCUT2D eigenvalue weighted by Gasteiger charge is 2.15. The van der Waals surface area contributed by atoms with Crippen LogP contribution in [0.5, 0.6) is 0 Å². The van der Waals surface area contributed by atoms with Crippen LogP contribution in [0.1, 0.15) is 110 Å². The zero-order valence-electron chi connectivity index (χ0n) is 15.7. The summed E-state index contributed by atoms with van der Waals surface area (Å²) in [6.07, 6.45) is 15.0. The van der Waals surface area contributed by atoms with Gasteiger partial charge in [-0.15, -0.1) is 0 Å². The van der Waals surface area contributed by atoms with Gasteiger partial charge in [-0.2, -0.15) is 0 Å². The molecular weight excluding hydrogens is 304 g/mol. The summed E-state index contributed by atoms with van der Waals surface area (Å²) < 4.78 is 0. The topological polar surface area (TPSA) is 77.8 Å². The predicted octanol–water partition coefficient (Wildman–Crippen LogP) is 5.05. The summed E-state index contributed by atoms with van der Waals surface area (Å²) in [6.45, 7) is 2.21. The molecule has 0 spiro atoms. The van der Waals surface area contributed by atoms with E-state index in [-0.39, 0.29) is 6.42 Å². The van der Waals surface area contributed by atoms with E-state index >= 15 is 0 Å². The molecule has 0 rings (SSSR count). The van der Waals surface area contributed by atoms with Gasteiger partial charge in [0.15, 0.2) is 0 Å². The number of aliphatic hydroxyl groups excluding tert-OH is 2. The maximum absolute atomic E-state index is 10.4. The summed E-state index contributed by atoms with van der Waals surface area (Å²) in [5.74, 6) is -0.705. The minimum atomic E-state index is -0.705. The third-order valence-corrected chi connectivity index (χ3v) is 4.69. The number of rotatable bonds is 18. The van der Waals surface area contributed by atoms with Crippen LogP contribution in [0.25, 0.3) is 0 Å². The number of aliphatic hydroxyl groups is 2. The largest absolute Gasteiger partial charge is 0.481 e. The Labute approximate surface area is 148 Å². The minimum Gasteiger partial charge on any atom is -0.481 e. The van der Waals surface area contributed by atoms with Crippen LogP contribution in [-0.4, -0.2) is 33.5 Å². The lowest BCUT2D eigenvalue weighted by molar-refractivity contribution is -0.137. The molecule has 0 aromatic rings. The fourth-order valence-electron chi connectivity index (χ4n) is 3.03. The zero-order chi connectivity index (χ0) is 18.0. The van der Waals surface area contributed by atoms with Crippen LogP contribution in [0.15, 0.2) is 0 Å². The lowest BCUT2D eigenvalue weighted by Crippen LogP contribution is -2.25. The van der Waals surface area contributed by atoms with Gasteiger partial charge >= 0.3 is 5.97 Å². The maximum Gasteiger partial charge on any atom is 0.303 e. The third-order valence-electron chi connectivity index (χ3n) is 4.69. The molecule has 2 atom stereocenters. The van der Waals surface area contributed by atoms with Gasteiger partial charge in [0.1, 0.15) is 0 Å². The molecule has 0 saturated carbocycles. The standard InChI is InChI=1S/C20H40O4/c1-2-3-4-5-9-12-15-18(21)19(22)16-13-10-7-6-8-11-14-17-20(23)24/h18-19,21-22H,2-17H2,1H3,(H,23,24)/t18-,19-/m1/s1. The molecule has 0 aliphatic rings. The molecule has 144 valence electrons. The Morgan fingerprint density at radius 1 is 0.667 bits per heavy atom. The maximum atomic E-state index is 10.4. The number of carboxylic acids is 1. The highest BCUT2D eigenvalue weighted by Crippen LogP contribution is 2.15. The Kier molecular flexibility index (Phi) is 16.8. The highest BCUT2D eigenvalue weighted by molar-refractivity contribution is 5.66. The van der Waals surface area contributed by atoms with Gasteiger partial charge in [-0.25, -0.2) is 0 Å². The van der Waals surface area contributed by atoms with Gasteiger partial charge in [0.25, 0.3) is 0 Å². The zero-order valence-corrected chi connectivity index (χ0v) is 15.7. The highest BCUT2D eigenvalue weighted by atomic mass is 16.4. The average molecular weight is 345 g/mol. The van der Waals surface area contributed by atoms with Gasteiger partial charge in [0, 0.05) is 6.42 Å². The first kappa shape index (κ1) is 23.4. The van der Waals surface area contributed by atoms with E-state index in [1.807, 2.05) is 0 Å². The van der Waals surface area contributed by atoms with E-state index in [1.165, 1.54) is 25.7 Å². The van der Waals surface area contributed by atoms with Crippen LogP contribution in [0.4, 0.5) is 0 Å². The molecule has 0 aromatic heterocycles. The first-order valence-corrected chi connectivity index (χ1v) is 10.2. The van der Waals surface area contributed by atoms with E-state index in [2.05, 4.69) is 6.92 Å². The normalized spacial score (nSPS) is 13.8. The molecule has 0 fully saturated rings. The summed E-state index contributed by atoms with van der Waals surface area (Å²) in [5, 5.41) is 28.5. The second-order valence-electron chi connectivity index (χ2n) is 7.10. The van der Waals surface area contributed by atoms with E-state index in [9.17, 15) is 15.0 Å². The van der Waals surface area contributed by atoms with E-state index in [0.717, 1.165) is 64.2 Å². The van der Waals surface area contributed by atoms with E-state index < -0.39 is 18.2 Å². The molecule has 0 amide bonds. The number of unbranched alkanes of at least 4 members (excludes halogenated alkanes) is 11. The van der Waals surface area contributed by atoms with Gasteiger partial charge < -0.3 is 15.3 Å². The molecule has 24 heavy (non-hydrogen) atoms. The Balaban J connectivity index is 3.35. The lowest BCUT2D eigenvalue weighted by Gasteiger charge is -2.17. The van der Waals surface area contributed by atoms with Crippen LogP contribution in [0, 0.1) is 0 Å². The molecule has 0 aliphatic carbocycles. The second kappa shape index (κ2) is 17.2. The van der Waals surface area contributed by atoms with Gasteiger partial charge in [0.05, 0.1) is 12.2 Å². The van der Waals surface area contributed by atoms with Gasteiger partial charge in [-0.05, 0) is 19.3 Å². The summed E-state index contributed by atoms with van der Waals surface area (Å²) in [5.41, 5.74) is 0. The molecule has 4 heteroatoms. The molecule has 0 bridgehead atoms. The quantitative estimate of drug-likeness (QED) is 0.304. The average Bonchev–Trinajstić information content (AvgIpc) is 2.55. The summed E-state index contributed by atoms with van der Waals surface area (Å²) in [4.78, 5) is 10.4. The molecule has 0 aromatic carbocycles. The van der Waals surface area contributed by atoms with E-state index in [0.29, 0.717) is 6.42 Å². The van der Waals surface area contributed by atoms with Crippen molar-refractivity contribution < 1.29 is 20.1 Å². The lowest BCUT2D eigenvalue weighted by atomic mass is 9.99. The molecule has 0 radical (unpaired) electrons. The Hall–Kier alpha value is -0.610. The van der Waals surface area contributed by atoms with Crippen molar-refractivity contribution in [3.05, 3.63) is 0 Å². The Bertz CT molecular complexity index is 281. The van der Waals surface area contributed by atoms with Crippen molar-refractivity contribution in [2.45, 2.75) is 122 Å². The number of carbonyl (C=O) groups is 1. The molecule has 0 heterocycles. The minimum absolute atomic E-state index is 0.280. The summed E-state index contributed by atoms with van der Waals surface area (Å²) in [7, 11) is 0. The van der Waals surface area contributed by atoms with Crippen molar-refractivity contribution in [1.82, 2.24) is 0 Å². The van der Waals surface area contributed by atoms with Gasteiger partial charge in [0.2, 0.25) is 0 Å². The SMILES string of the molecule is CCCCCCCC[C@@H](O)[C@H](O)CCCCCCCCCC(=O)O. The van der Waals surface area contributed by atoms with Crippen LogP contribution in [-0.2, 0) is 4.79 Å². The van der Waals surface area contributed by atoms with Crippen molar-refractivity contribution in [2.75, 3.05) is 0 Å². The molecule has 0 aliphatic heterocycles. The third kappa shape index (κ3) is 16.3. The Morgan fingerprint density at radius 3 is 1.46 bits per heavy atom. The van der Waals surface area contributed by atoms with Crippen molar-refractivity contribution >= 4 is 5.97 Å². The second-order valence-corrected chi connectivity index (χ2v) is 7.10.